The van der Waals surface area contributed by atoms with Gasteiger partial charge in [0.1, 0.15) is 18.1 Å². The molecule has 0 radical (unpaired) electrons. The van der Waals surface area contributed by atoms with Crippen molar-refractivity contribution in [3.05, 3.63) is 95.0 Å². The van der Waals surface area contributed by atoms with Gasteiger partial charge in [-0.25, -0.2) is 9.48 Å². The van der Waals surface area contributed by atoms with Gasteiger partial charge in [0, 0.05) is 23.3 Å². The summed E-state index contributed by atoms with van der Waals surface area (Å²) in [5, 5.41) is 7.91. The second-order valence-corrected chi connectivity index (χ2v) is 7.68. The van der Waals surface area contributed by atoms with Gasteiger partial charge in [0.05, 0.1) is 5.56 Å². The van der Waals surface area contributed by atoms with Crippen LogP contribution in [0.15, 0.2) is 78.9 Å². The van der Waals surface area contributed by atoms with Crippen LogP contribution >= 0.6 is 11.6 Å². The van der Waals surface area contributed by atoms with Crippen LogP contribution in [0.5, 0.6) is 11.6 Å². The van der Waals surface area contributed by atoms with E-state index < -0.39 is 6.09 Å². The summed E-state index contributed by atoms with van der Waals surface area (Å²) in [5.41, 5.74) is 3.98. The molecule has 0 saturated carbocycles. The number of benzene rings is 3. The average molecular weight is 448 g/mol. The maximum Gasteiger partial charge on any atom is 0.411 e. The molecular weight excluding hydrogens is 426 g/mol. The lowest BCUT2D eigenvalue weighted by Gasteiger charge is -2.11. The fourth-order valence-electron chi connectivity index (χ4n) is 3.18. The van der Waals surface area contributed by atoms with Gasteiger partial charge < -0.3 is 9.47 Å². The molecule has 0 bridgehead atoms. The number of nitrogens with one attached hydrogen (secondary N) is 1. The Morgan fingerprint density at radius 1 is 1.00 bits per heavy atom. The number of rotatable bonds is 6. The number of anilines is 1. The number of halogens is 1. The highest BCUT2D eigenvalue weighted by Crippen LogP contribution is 2.33. The molecule has 6 nitrogen and oxygen atoms in total. The molecule has 7 heteroatoms. The highest BCUT2D eigenvalue weighted by molar-refractivity contribution is 6.30. The molecule has 4 aromatic rings. The minimum absolute atomic E-state index is 0.0152. The zero-order chi connectivity index (χ0) is 22.5. The van der Waals surface area contributed by atoms with E-state index in [0.717, 1.165) is 11.1 Å². The minimum atomic E-state index is -0.587. The summed E-state index contributed by atoms with van der Waals surface area (Å²) in [6, 6.07) is 24.2. The van der Waals surface area contributed by atoms with E-state index in [1.165, 1.54) is 0 Å². The largest absolute Gasteiger partial charge is 0.444 e. The first-order valence-corrected chi connectivity index (χ1v) is 10.4. The Balaban J connectivity index is 1.59. The highest BCUT2D eigenvalue weighted by Gasteiger charge is 2.21. The third-order valence-corrected chi connectivity index (χ3v) is 5.06. The SMILES string of the molecule is Cc1ccc(Oc2c(COC(=O)Nc3ccc(Cl)cc3)c(-c3ccccc3)nn2C)cc1. The number of carbonyl (C=O) groups is 1. The van der Waals surface area contributed by atoms with Crippen LogP contribution in [-0.4, -0.2) is 15.9 Å². The Labute approximate surface area is 191 Å². The average Bonchev–Trinajstić information content (AvgIpc) is 3.11. The van der Waals surface area contributed by atoms with Crippen LogP contribution in [0.25, 0.3) is 11.3 Å². The van der Waals surface area contributed by atoms with E-state index in [1.54, 1.807) is 36.0 Å². The van der Waals surface area contributed by atoms with Crippen molar-refractivity contribution < 1.29 is 14.3 Å². The Bertz CT molecular complexity index is 1200. The minimum Gasteiger partial charge on any atom is -0.444 e. The molecule has 0 saturated heterocycles. The third kappa shape index (κ3) is 5.10. The Morgan fingerprint density at radius 2 is 1.69 bits per heavy atom. The fourth-order valence-corrected chi connectivity index (χ4v) is 3.31. The summed E-state index contributed by atoms with van der Waals surface area (Å²) >= 11 is 5.89. The predicted molar refractivity (Wildman–Crippen MR) is 125 cm³/mol. The van der Waals surface area contributed by atoms with Crippen molar-refractivity contribution >= 4 is 23.4 Å². The normalized spacial score (nSPS) is 10.6. The summed E-state index contributed by atoms with van der Waals surface area (Å²) in [4.78, 5) is 12.4. The number of amides is 1. The van der Waals surface area contributed by atoms with E-state index in [1.807, 2.05) is 61.5 Å². The van der Waals surface area contributed by atoms with Crippen LogP contribution in [0.1, 0.15) is 11.1 Å². The van der Waals surface area contributed by atoms with Crippen molar-refractivity contribution in [3.8, 4) is 22.9 Å². The molecule has 1 amide bonds. The van der Waals surface area contributed by atoms with Crippen molar-refractivity contribution in [2.45, 2.75) is 13.5 Å². The summed E-state index contributed by atoms with van der Waals surface area (Å²) in [6.45, 7) is 2.00. The summed E-state index contributed by atoms with van der Waals surface area (Å²) in [7, 11) is 1.80. The number of carbonyl (C=O) groups excluding carboxylic acids is 1. The molecule has 0 unspecified atom stereocenters. The standard InChI is InChI=1S/C25H22ClN3O3/c1-17-8-14-21(15-9-17)32-24-22(23(28-29(24)2)18-6-4-3-5-7-18)16-31-25(30)27-20-12-10-19(26)11-13-20/h3-15H,16H2,1-2H3,(H,27,30). The van der Waals surface area contributed by atoms with Gasteiger partial charge in [-0.3, -0.25) is 5.32 Å². The van der Waals surface area contributed by atoms with Crippen LogP contribution < -0.4 is 10.1 Å². The van der Waals surface area contributed by atoms with Gasteiger partial charge in [0.2, 0.25) is 5.88 Å². The maximum atomic E-state index is 12.4. The smallest absolute Gasteiger partial charge is 0.411 e. The lowest BCUT2D eigenvalue weighted by atomic mass is 10.1. The number of hydrogen-bond donors (Lipinski definition) is 1. The van der Waals surface area contributed by atoms with Crippen LogP contribution in [-0.2, 0) is 18.4 Å². The molecule has 1 aromatic heterocycles. The second kappa shape index (κ2) is 9.58. The van der Waals surface area contributed by atoms with Gasteiger partial charge in [-0.1, -0.05) is 59.6 Å². The van der Waals surface area contributed by atoms with Crippen LogP contribution in [0.2, 0.25) is 5.02 Å². The molecule has 4 rings (SSSR count). The number of hydrogen-bond acceptors (Lipinski definition) is 4. The summed E-state index contributed by atoms with van der Waals surface area (Å²) in [5.74, 6) is 1.18. The molecule has 0 aliphatic heterocycles. The van der Waals surface area contributed by atoms with Crippen molar-refractivity contribution in [2.75, 3.05) is 5.32 Å². The van der Waals surface area contributed by atoms with Crippen molar-refractivity contribution in [1.82, 2.24) is 9.78 Å². The number of aromatic nitrogens is 2. The van der Waals surface area contributed by atoms with Gasteiger partial charge in [-0.05, 0) is 43.3 Å². The van der Waals surface area contributed by atoms with E-state index in [4.69, 9.17) is 21.1 Å². The molecule has 162 valence electrons. The molecule has 0 fully saturated rings. The second-order valence-electron chi connectivity index (χ2n) is 7.25. The predicted octanol–water partition coefficient (Wildman–Crippen LogP) is 6.59. The first kappa shape index (κ1) is 21.5. The summed E-state index contributed by atoms with van der Waals surface area (Å²) in [6.07, 6.45) is -0.587. The zero-order valence-electron chi connectivity index (χ0n) is 17.7. The van der Waals surface area contributed by atoms with Crippen LogP contribution in [0.4, 0.5) is 10.5 Å². The Morgan fingerprint density at radius 3 is 2.38 bits per heavy atom. The molecule has 0 atom stereocenters. The summed E-state index contributed by atoms with van der Waals surface area (Å²) < 4.78 is 13.3. The lowest BCUT2D eigenvalue weighted by Crippen LogP contribution is -2.13. The maximum absolute atomic E-state index is 12.4. The fraction of sp³-hybridized carbons (Fsp3) is 0.120. The highest BCUT2D eigenvalue weighted by atomic mass is 35.5. The van der Waals surface area contributed by atoms with Crippen molar-refractivity contribution in [3.63, 3.8) is 0 Å². The van der Waals surface area contributed by atoms with E-state index in [0.29, 0.717) is 33.6 Å². The first-order chi connectivity index (χ1) is 15.5. The molecule has 1 N–H and O–H groups in total. The molecule has 3 aromatic carbocycles. The lowest BCUT2D eigenvalue weighted by molar-refractivity contribution is 0.154. The third-order valence-electron chi connectivity index (χ3n) is 4.81. The van der Waals surface area contributed by atoms with Gasteiger partial charge in [0.25, 0.3) is 0 Å². The number of aryl methyl sites for hydroxylation is 2. The van der Waals surface area contributed by atoms with Gasteiger partial charge in [-0.2, -0.15) is 5.10 Å². The topological polar surface area (TPSA) is 65.4 Å². The van der Waals surface area contributed by atoms with Crippen LogP contribution in [0, 0.1) is 6.92 Å². The van der Waals surface area contributed by atoms with Gasteiger partial charge in [0.15, 0.2) is 0 Å². The number of ether oxygens (including phenoxy) is 2. The molecule has 1 heterocycles. The van der Waals surface area contributed by atoms with Gasteiger partial charge in [-0.15, -0.1) is 0 Å². The monoisotopic (exact) mass is 447 g/mol. The molecule has 0 aliphatic carbocycles. The Hall–Kier alpha value is -3.77. The van der Waals surface area contributed by atoms with E-state index in [2.05, 4.69) is 10.4 Å². The van der Waals surface area contributed by atoms with Crippen molar-refractivity contribution in [1.29, 1.82) is 0 Å². The van der Waals surface area contributed by atoms with E-state index in [9.17, 15) is 4.79 Å². The first-order valence-electron chi connectivity index (χ1n) is 10.0. The Kier molecular flexibility index (Phi) is 6.42. The van der Waals surface area contributed by atoms with Crippen LogP contribution in [0.3, 0.4) is 0 Å². The molecule has 32 heavy (non-hydrogen) atoms. The van der Waals surface area contributed by atoms with E-state index in [-0.39, 0.29) is 6.61 Å². The number of nitrogens with zero attached hydrogens (tertiary/aromatic N) is 2. The quantitative estimate of drug-likeness (QED) is 0.362. The molecule has 0 spiro atoms. The molecule has 0 aliphatic rings. The van der Waals surface area contributed by atoms with E-state index >= 15 is 0 Å². The van der Waals surface area contributed by atoms with Gasteiger partial charge >= 0.3 is 6.09 Å². The molecular formula is C25H22ClN3O3. The van der Waals surface area contributed by atoms with Crippen molar-refractivity contribution in [2.24, 2.45) is 7.05 Å². The zero-order valence-corrected chi connectivity index (χ0v) is 18.5.